The van der Waals surface area contributed by atoms with Gasteiger partial charge in [0.15, 0.2) is 0 Å². The van der Waals surface area contributed by atoms with Gasteiger partial charge in [0.1, 0.15) is 0 Å². The number of hydrogen-bond donors (Lipinski definition) is 2. The molecule has 2 amide bonds. The lowest BCUT2D eigenvalue weighted by atomic mass is 10.1. The quantitative estimate of drug-likeness (QED) is 0.686. The Morgan fingerprint density at radius 3 is 3.00 bits per heavy atom. The van der Waals surface area contributed by atoms with Crippen molar-refractivity contribution in [3.63, 3.8) is 0 Å². The lowest BCUT2D eigenvalue weighted by Crippen LogP contribution is -2.56. The Morgan fingerprint density at radius 1 is 1.67 bits per heavy atom. The molecule has 1 fully saturated rings. The normalized spacial score (nSPS) is 19.1. The summed E-state index contributed by atoms with van der Waals surface area (Å²) in [5, 5.41) is 5.77. The van der Waals surface area contributed by atoms with Crippen molar-refractivity contribution in [2.45, 2.75) is 25.8 Å². The lowest BCUT2D eigenvalue weighted by Gasteiger charge is -2.32. The molecule has 0 spiro atoms. The molecule has 1 aliphatic heterocycles. The average molecular weight is 276 g/mol. The molecule has 1 rings (SSSR count). The summed E-state index contributed by atoms with van der Waals surface area (Å²) >= 11 is 0. The number of rotatable bonds is 6. The van der Waals surface area contributed by atoms with E-state index in [1.54, 1.807) is 6.08 Å². The largest absolute Gasteiger partial charge is 0.353 e. The van der Waals surface area contributed by atoms with Crippen LogP contribution < -0.4 is 10.6 Å². The summed E-state index contributed by atoms with van der Waals surface area (Å²) in [6.07, 6.45) is 2.77. The first kappa shape index (κ1) is 16.9. The van der Waals surface area contributed by atoms with E-state index in [-0.39, 0.29) is 36.7 Å². The Bertz CT molecular complexity index is 295. The van der Waals surface area contributed by atoms with Crippen LogP contribution in [0.5, 0.6) is 0 Å². The average Bonchev–Trinajstić information content (AvgIpc) is 2.32. The minimum atomic E-state index is -0.375. The summed E-state index contributed by atoms with van der Waals surface area (Å²) in [6.45, 7) is 8.27. The number of halogens is 1. The van der Waals surface area contributed by atoms with E-state index in [1.807, 2.05) is 11.8 Å². The highest BCUT2D eigenvalue weighted by atomic mass is 35.5. The maximum atomic E-state index is 12.0. The first-order chi connectivity index (χ1) is 8.19. The van der Waals surface area contributed by atoms with Crippen molar-refractivity contribution in [3.05, 3.63) is 12.7 Å². The van der Waals surface area contributed by atoms with E-state index in [4.69, 9.17) is 0 Å². The molecule has 5 nitrogen and oxygen atoms in total. The molecule has 2 N–H and O–H groups in total. The topological polar surface area (TPSA) is 61.4 Å². The predicted octanol–water partition coefficient (Wildman–Crippen LogP) is 0.311. The molecule has 104 valence electrons. The molecular weight excluding hydrogens is 254 g/mol. The molecule has 0 aliphatic carbocycles. The van der Waals surface area contributed by atoms with Crippen molar-refractivity contribution >= 4 is 24.2 Å². The fraction of sp³-hybridized carbons (Fsp3) is 0.667. The van der Waals surface area contributed by atoms with Crippen molar-refractivity contribution in [3.8, 4) is 0 Å². The Kier molecular flexibility index (Phi) is 8.41. The van der Waals surface area contributed by atoms with Gasteiger partial charge in [-0.3, -0.25) is 9.59 Å². The lowest BCUT2D eigenvalue weighted by molar-refractivity contribution is -0.138. The minimum absolute atomic E-state index is 0. The van der Waals surface area contributed by atoms with Crippen LogP contribution in [-0.2, 0) is 9.59 Å². The van der Waals surface area contributed by atoms with Gasteiger partial charge in [-0.15, -0.1) is 19.0 Å². The van der Waals surface area contributed by atoms with Gasteiger partial charge in [-0.1, -0.05) is 13.0 Å². The van der Waals surface area contributed by atoms with Crippen LogP contribution in [0.3, 0.4) is 0 Å². The summed E-state index contributed by atoms with van der Waals surface area (Å²) in [6, 6.07) is -0.375. The molecule has 18 heavy (non-hydrogen) atoms. The highest BCUT2D eigenvalue weighted by Gasteiger charge is 2.29. The highest BCUT2D eigenvalue weighted by Crippen LogP contribution is 2.05. The molecule has 1 saturated heterocycles. The van der Waals surface area contributed by atoms with Gasteiger partial charge >= 0.3 is 0 Å². The first-order valence-electron chi connectivity index (χ1n) is 6.08. The highest BCUT2D eigenvalue weighted by molar-refractivity contribution is 5.88. The number of hydrogen-bond acceptors (Lipinski definition) is 3. The zero-order valence-electron chi connectivity index (χ0n) is 10.8. The predicted molar refractivity (Wildman–Crippen MR) is 73.7 cm³/mol. The molecule has 0 aromatic rings. The Morgan fingerprint density at radius 2 is 2.39 bits per heavy atom. The van der Waals surface area contributed by atoms with Crippen molar-refractivity contribution in [2.75, 3.05) is 26.2 Å². The van der Waals surface area contributed by atoms with Crippen LogP contribution >= 0.6 is 12.4 Å². The van der Waals surface area contributed by atoms with Gasteiger partial charge in [-0.05, 0) is 6.42 Å². The van der Waals surface area contributed by atoms with Gasteiger partial charge in [-0.2, -0.15) is 0 Å². The van der Waals surface area contributed by atoms with E-state index in [2.05, 4.69) is 17.2 Å². The number of carbonyl (C=O) groups is 2. The van der Waals surface area contributed by atoms with Crippen molar-refractivity contribution < 1.29 is 9.59 Å². The standard InChI is InChI=1S/C12H21N3O2.ClH/c1-3-5-14-11(16)9-10-12(17)15(7-4-2)8-6-13-10;/h3,10,13H,1,4-9H2,2H3,(H,14,16);1H. The van der Waals surface area contributed by atoms with Gasteiger partial charge in [0.2, 0.25) is 11.8 Å². The maximum Gasteiger partial charge on any atom is 0.240 e. The van der Waals surface area contributed by atoms with E-state index in [9.17, 15) is 9.59 Å². The fourth-order valence-electron chi connectivity index (χ4n) is 1.89. The van der Waals surface area contributed by atoms with E-state index < -0.39 is 0 Å². The molecular formula is C12H22ClN3O2. The second-order valence-corrected chi connectivity index (χ2v) is 4.13. The van der Waals surface area contributed by atoms with E-state index in [0.717, 1.165) is 26.1 Å². The summed E-state index contributed by atoms with van der Waals surface area (Å²) in [5.41, 5.74) is 0. The molecule has 1 atom stereocenters. The SMILES string of the molecule is C=CCNC(=O)CC1NCCN(CCC)C1=O.Cl. The van der Waals surface area contributed by atoms with E-state index in [1.165, 1.54) is 0 Å². The zero-order valence-corrected chi connectivity index (χ0v) is 11.6. The van der Waals surface area contributed by atoms with Crippen molar-refractivity contribution in [1.82, 2.24) is 15.5 Å². The van der Waals surface area contributed by atoms with E-state index >= 15 is 0 Å². The second kappa shape index (κ2) is 8.94. The third kappa shape index (κ3) is 5.06. The smallest absolute Gasteiger partial charge is 0.240 e. The van der Waals surface area contributed by atoms with Crippen LogP contribution in [0.25, 0.3) is 0 Å². The Hall–Kier alpha value is -1.07. The molecule has 1 heterocycles. The van der Waals surface area contributed by atoms with Crippen molar-refractivity contribution in [2.24, 2.45) is 0 Å². The summed E-state index contributed by atoms with van der Waals surface area (Å²) in [7, 11) is 0. The Labute approximate surface area is 114 Å². The molecule has 1 aliphatic rings. The van der Waals surface area contributed by atoms with Gasteiger partial charge < -0.3 is 15.5 Å². The third-order valence-corrected chi connectivity index (χ3v) is 2.71. The number of carbonyl (C=O) groups excluding carboxylic acids is 2. The Balaban J connectivity index is 0.00000289. The minimum Gasteiger partial charge on any atom is -0.353 e. The van der Waals surface area contributed by atoms with Gasteiger partial charge in [0.05, 0.1) is 12.5 Å². The number of piperazine rings is 1. The fourth-order valence-corrected chi connectivity index (χ4v) is 1.89. The number of nitrogens with one attached hydrogen (secondary N) is 2. The molecule has 0 bridgehead atoms. The monoisotopic (exact) mass is 275 g/mol. The van der Waals surface area contributed by atoms with Crippen LogP contribution in [0.2, 0.25) is 0 Å². The molecule has 1 unspecified atom stereocenters. The van der Waals surface area contributed by atoms with Crippen LogP contribution in [0.4, 0.5) is 0 Å². The third-order valence-electron chi connectivity index (χ3n) is 2.71. The van der Waals surface area contributed by atoms with Crippen LogP contribution in [0.15, 0.2) is 12.7 Å². The van der Waals surface area contributed by atoms with Gasteiger partial charge in [0.25, 0.3) is 0 Å². The van der Waals surface area contributed by atoms with Gasteiger partial charge in [0, 0.05) is 26.2 Å². The zero-order chi connectivity index (χ0) is 12.7. The maximum absolute atomic E-state index is 12.0. The molecule has 0 aromatic heterocycles. The second-order valence-electron chi connectivity index (χ2n) is 4.13. The molecule has 0 saturated carbocycles. The molecule has 0 radical (unpaired) electrons. The summed E-state index contributed by atoms with van der Waals surface area (Å²) in [4.78, 5) is 25.3. The van der Waals surface area contributed by atoms with Crippen LogP contribution in [0.1, 0.15) is 19.8 Å². The number of nitrogens with zero attached hydrogens (tertiary/aromatic N) is 1. The van der Waals surface area contributed by atoms with Crippen LogP contribution in [0, 0.1) is 0 Å². The summed E-state index contributed by atoms with van der Waals surface area (Å²) in [5.74, 6) is -0.0825. The van der Waals surface area contributed by atoms with Crippen molar-refractivity contribution in [1.29, 1.82) is 0 Å². The molecule has 0 aromatic carbocycles. The summed E-state index contributed by atoms with van der Waals surface area (Å²) < 4.78 is 0. The first-order valence-corrected chi connectivity index (χ1v) is 6.08. The molecule has 6 heteroatoms. The van der Waals surface area contributed by atoms with E-state index in [0.29, 0.717) is 6.54 Å². The van der Waals surface area contributed by atoms with Crippen LogP contribution in [-0.4, -0.2) is 48.9 Å². The van der Waals surface area contributed by atoms with Gasteiger partial charge in [-0.25, -0.2) is 0 Å². The number of amides is 2.